The van der Waals surface area contributed by atoms with E-state index in [1.165, 1.54) is 6.33 Å². The van der Waals surface area contributed by atoms with Crippen molar-refractivity contribution in [2.24, 2.45) is 0 Å². The van der Waals surface area contributed by atoms with E-state index in [2.05, 4.69) is 30.4 Å². The number of morpholine rings is 1. The number of rotatable bonds is 4. The molecule has 3 heterocycles. The second-order valence-electron chi connectivity index (χ2n) is 5.90. The minimum Gasteiger partial charge on any atom is -0.378 e. The summed E-state index contributed by atoms with van der Waals surface area (Å²) in [5, 5.41) is 9.56. The first-order chi connectivity index (χ1) is 12.8. The molecule has 0 aliphatic carbocycles. The molecule has 1 aromatic carbocycles. The average Bonchev–Trinajstić information content (AvgIpc) is 3.24. The van der Waals surface area contributed by atoms with Crippen molar-refractivity contribution in [1.82, 2.24) is 20.2 Å². The van der Waals surface area contributed by atoms with Crippen LogP contribution in [0.4, 0.5) is 11.4 Å². The molecule has 1 fully saturated rings. The Balaban J connectivity index is 1.51. The Morgan fingerprint density at radius 1 is 1.19 bits per heavy atom. The van der Waals surface area contributed by atoms with E-state index >= 15 is 0 Å². The van der Waals surface area contributed by atoms with Crippen molar-refractivity contribution in [3.63, 3.8) is 0 Å². The predicted molar refractivity (Wildman–Crippen MR) is 97.0 cm³/mol. The summed E-state index contributed by atoms with van der Waals surface area (Å²) in [6.45, 7) is 2.97. The van der Waals surface area contributed by atoms with E-state index < -0.39 is 0 Å². The lowest BCUT2D eigenvalue weighted by Gasteiger charge is -2.28. The monoisotopic (exact) mass is 350 g/mol. The van der Waals surface area contributed by atoms with Crippen LogP contribution in [0.15, 0.2) is 49.1 Å². The molecule has 2 aromatic heterocycles. The van der Waals surface area contributed by atoms with Crippen molar-refractivity contribution in [3.05, 3.63) is 54.6 Å². The van der Waals surface area contributed by atoms with Gasteiger partial charge in [0.2, 0.25) is 0 Å². The summed E-state index contributed by atoms with van der Waals surface area (Å²) in [7, 11) is 0. The Labute approximate surface area is 150 Å². The molecule has 0 spiro atoms. The number of aromatic nitrogens is 4. The maximum atomic E-state index is 12.6. The predicted octanol–water partition coefficient (Wildman–Crippen LogP) is 1.96. The Morgan fingerprint density at radius 3 is 2.88 bits per heavy atom. The van der Waals surface area contributed by atoms with E-state index in [9.17, 15) is 4.79 Å². The number of amides is 1. The third-order valence-electron chi connectivity index (χ3n) is 4.17. The van der Waals surface area contributed by atoms with Gasteiger partial charge in [-0.1, -0.05) is 12.1 Å². The van der Waals surface area contributed by atoms with Crippen molar-refractivity contribution in [1.29, 1.82) is 0 Å². The molecule has 1 aliphatic heterocycles. The van der Waals surface area contributed by atoms with Gasteiger partial charge in [0.1, 0.15) is 6.33 Å². The van der Waals surface area contributed by atoms with Gasteiger partial charge in [-0.3, -0.25) is 14.9 Å². The molecule has 1 aliphatic rings. The highest BCUT2D eigenvalue weighted by molar-refractivity contribution is 6.04. The number of anilines is 2. The van der Waals surface area contributed by atoms with E-state index in [1.807, 2.05) is 30.3 Å². The zero-order valence-electron chi connectivity index (χ0n) is 14.1. The van der Waals surface area contributed by atoms with Crippen LogP contribution >= 0.6 is 0 Å². The first-order valence-corrected chi connectivity index (χ1v) is 8.34. The number of pyridine rings is 1. The van der Waals surface area contributed by atoms with Crippen LogP contribution in [0.25, 0.3) is 11.4 Å². The van der Waals surface area contributed by atoms with Crippen molar-refractivity contribution < 1.29 is 9.53 Å². The summed E-state index contributed by atoms with van der Waals surface area (Å²) < 4.78 is 5.37. The Bertz CT molecular complexity index is 890. The number of carbonyl (C=O) groups is 1. The highest BCUT2D eigenvalue weighted by Gasteiger charge is 2.14. The second-order valence-corrected chi connectivity index (χ2v) is 5.90. The molecule has 26 heavy (non-hydrogen) atoms. The number of benzene rings is 1. The van der Waals surface area contributed by atoms with Crippen LogP contribution in [0.5, 0.6) is 0 Å². The van der Waals surface area contributed by atoms with Gasteiger partial charge in [-0.15, -0.1) is 0 Å². The van der Waals surface area contributed by atoms with Crippen LogP contribution in [0.1, 0.15) is 10.4 Å². The number of nitrogens with zero attached hydrogens (tertiary/aromatic N) is 4. The largest absolute Gasteiger partial charge is 0.378 e. The zero-order chi connectivity index (χ0) is 17.8. The van der Waals surface area contributed by atoms with E-state index in [0.717, 1.165) is 24.3 Å². The minimum absolute atomic E-state index is 0.206. The first kappa shape index (κ1) is 16.2. The van der Waals surface area contributed by atoms with Gasteiger partial charge in [0, 0.05) is 30.5 Å². The normalized spacial score (nSPS) is 14.2. The molecule has 8 heteroatoms. The molecule has 0 saturated carbocycles. The summed E-state index contributed by atoms with van der Waals surface area (Å²) in [6, 6.07) is 9.29. The zero-order valence-corrected chi connectivity index (χ0v) is 14.1. The van der Waals surface area contributed by atoms with Crippen LogP contribution in [0.3, 0.4) is 0 Å². The summed E-state index contributed by atoms with van der Waals surface area (Å²) in [6.07, 6.45) is 4.79. The number of ether oxygens (including phenoxy) is 1. The van der Waals surface area contributed by atoms with Crippen molar-refractivity contribution >= 4 is 17.3 Å². The molecule has 2 N–H and O–H groups in total. The third kappa shape index (κ3) is 3.55. The second kappa shape index (κ2) is 7.32. The van der Waals surface area contributed by atoms with Gasteiger partial charge in [-0.25, -0.2) is 4.98 Å². The maximum Gasteiger partial charge on any atom is 0.257 e. The molecule has 1 saturated heterocycles. The minimum atomic E-state index is -0.206. The van der Waals surface area contributed by atoms with Gasteiger partial charge in [0.25, 0.3) is 5.91 Å². The first-order valence-electron chi connectivity index (χ1n) is 8.34. The van der Waals surface area contributed by atoms with Gasteiger partial charge in [0.15, 0.2) is 5.82 Å². The van der Waals surface area contributed by atoms with Gasteiger partial charge in [-0.2, -0.15) is 5.10 Å². The fourth-order valence-corrected chi connectivity index (χ4v) is 2.84. The Kier molecular flexibility index (Phi) is 4.57. The third-order valence-corrected chi connectivity index (χ3v) is 4.17. The average molecular weight is 350 g/mol. The lowest BCUT2D eigenvalue weighted by atomic mass is 10.1. The Hall–Kier alpha value is -3.26. The highest BCUT2D eigenvalue weighted by atomic mass is 16.5. The van der Waals surface area contributed by atoms with Crippen LogP contribution in [-0.2, 0) is 4.74 Å². The molecule has 0 bridgehead atoms. The van der Waals surface area contributed by atoms with E-state index in [1.54, 1.807) is 12.4 Å². The number of aromatic amines is 1. The fraction of sp³-hybridized carbons (Fsp3) is 0.222. The van der Waals surface area contributed by atoms with E-state index in [4.69, 9.17) is 4.74 Å². The summed E-state index contributed by atoms with van der Waals surface area (Å²) in [5.41, 5.74) is 2.97. The van der Waals surface area contributed by atoms with Gasteiger partial charge in [-0.05, 0) is 18.2 Å². The van der Waals surface area contributed by atoms with Crippen LogP contribution in [0, 0.1) is 0 Å². The molecule has 1 amide bonds. The molecule has 132 valence electrons. The highest BCUT2D eigenvalue weighted by Crippen LogP contribution is 2.20. The van der Waals surface area contributed by atoms with E-state index in [0.29, 0.717) is 30.3 Å². The van der Waals surface area contributed by atoms with Crippen molar-refractivity contribution in [2.75, 3.05) is 36.5 Å². The lowest BCUT2D eigenvalue weighted by molar-refractivity contribution is 0.102. The van der Waals surface area contributed by atoms with Crippen LogP contribution in [-0.4, -0.2) is 52.4 Å². The number of carbonyl (C=O) groups excluding carboxylic acids is 1. The fourth-order valence-electron chi connectivity index (χ4n) is 2.84. The SMILES string of the molecule is O=C(Nc1cccc(-c2ncn[nH]2)c1)c1cncc(N2CCOCC2)c1. The smallest absolute Gasteiger partial charge is 0.257 e. The number of hydrogen-bond acceptors (Lipinski definition) is 6. The molecule has 0 radical (unpaired) electrons. The number of nitrogens with one attached hydrogen (secondary N) is 2. The summed E-state index contributed by atoms with van der Waals surface area (Å²) in [4.78, 5) is 23.1. The molecular formula is C18H18N6O2. The molecular weight excluding hydrogens is 332 g/mol. The van der Waals surface area contributed by atoms with Crippen LogP contribution in [0.2, 0.25) is 0 Å². The molecule has 0 unspecified atom stereocenters. The molecule has 0 atom stereocenters. The molecule has 4 rings (SSSR count). The van der Waals surface area contributed by atoms with Crippen molar-refractivity contribution in [3.8, 4) is 11.4 Å². The molecule has 8 nitrogen and oxygen atoms in total. The van der Waals surface area contributed by atoms with Crippen molar-refractivity contribution in [2.45, 2.75) is 0 Å². The quantitative estimate of drug-likeness (QED) is 0.747. The van der Waals surface area contributed by atoms with E-state index in [-0.39, 0.29) is 5.91 Å². The Morgan fingerprint density at radius 2 is 2.08 bits per heavy atom. The lowest BCUT2D eigenvalue weighted by Crippen LogP contribution is -2.36. The standard InChI is InChI=1S/C18H18N6O2/c25-18(14-9-16(11-19-10-14)24-4-6-26-7-5-24)22-15-3-1-2-13(8-15)17-20-12-21-23-17/h1-3,8-12H,4-7H2,(H,22,25)(H,20,21,23). The number of H-pyrrole nitrogens is 1. The van der Waals surface area contributed by atoms with Gasteiger partial charge < -0.3 is 15.0 Å². The van der Waals surface area contributed by atoms with Crippen LogP contribution < -0.4 is 10.2 Å². The maximum absolute atomic E-state index is 12.6. The molecule has 3 aromatic rings. The topological polar surface area (TPSA) is 96.0 Å². The summed E-state index contributed by atoms with van der Waals surface area (Å²) >= 11 is 0. The number of hydrogen-bond donors (Lipinski definition) is 2. The van der Waals surface area contributed by atoms with Gasteiger partial charge >= 0.3 is 0 Å². The van der Waals surface area contributed by atoms with Gasteiger partial charge in [0.05, 0.1) is 30.7 Å². The summed E-state index contributed by atoms with van der Waals surface area (Å²) in [5.74, 6) is 0.444.